The normalized spacial score (nSPS) is 10.9. The highest BCUT2D eigenvalue weighted by atomic mass is 32.2. The first-order valence-electron chi connectivity index (χ1n) is 8.53. The fourth-order valence-electron chi connectivity index (χ4n) is 2.81. The summed E-state index contributed by atoms with van der Waals surface area (Å²) in [5, 5.41) is 2.48. The molecule has 1 amide bonds. The van der Waals surface area contributed by atoms with E-state index in [9.17, 15) is 13.2 Å². The van der Waals surface area contributed by atoms with Gasteiger partial charge in [0.2, 0.25) is 0 Å². The second kappa shape index (κ2) is 8.14. The Morgan fingerprint density at radius 1 is 0.929 bits per heavy atom. The number of amides is 1. The van der Waals surface area contributed by atoms with Crippen molar-refractivity contribution >= 4 is 21.6 Å². The van der Waals surface area contributed by atoms with Gasteiger partial charge in [-0.2, -0.15) is 0 Å². The molecule has 6 nitrogen and oxygen atoms in total. The van der Waals surface area contributed by atoms with Crippen molar-refractivity contribution in [3.63, 3.8) is 0 Å². The van der Waals surface area contributed by atoms with Gasteiger partial charge in [-0.1, -0.05) is 48.5 Å². The Bertz CT molecular complexity index is 1100. The number of hydrogen-bond donors (Lipinski definition) is 2. The van der Waals surface area contributed by atoms with Crippen molar-refractivity contribution in [2.45, 2.75) is 4.90 Å². The molecular weight excluding hydrogens is 376 g/mol. The molecule has 0 heterocycles. The molecule has 2 N–H and O–H groups in total. The number of para-hydroxylation sites is 1. The van der Waals surface area contributed by atoms with E-state index in [-0.39, 0.29) is 10.5 Å². The van der Waals surface area contributed by atoms with Crippen LogP contribution in [0.2, 0.25) is 0 Å². The molecule has 0 fully saturated rings. The molecule has 7 heteroatoms. The van der Waals surface area contributed by atoms with Crippen LogP contribution < -0.4 is 14.8 Å². The highest BCUT2D eigenvalue weighted by molar-refractivity contribution is 7.92. The zero-order valence-corrected chi connectivity index (χ0v) is 16.3. The van der Waals surface area contributed by atoms with Crippen LogP contribution in [0.4, 0.5) is 5.69 Å². The van der Waals surface area contributed by atoms with E-state index in [4.69, 9.17) is 4.74 Å². The summed E-state index contributed by atoms with van der Waals surface area (Å²) in [7, 11) is -1.03. The lowest BCUT2D eigenvalue weighted by atomic mass is 10.0. The zero-order valence-electron chi connectivity index (χ0n) is 15.5. The number of sulfonamides is 1. The van der Waals surface area contributed by atoms with Crippen LogP contribution in [-0.4, -0.2) is 28.5 Å². The number of ether oxygens (including phenoxy) is 1. The summed E-state index contributed by atoms with van der Waals surface area (Å²) in [5.41, 5.74) is 2.24. The van der Waals surface area contributed by atoms with Crippen LogP contribution >= 0.6 is 0 Å². The predicted molar refractivity (Wildman–Crippen MR) is 109 cm³/mol. The topological polar surface area (TPSA) is 84.5 Å². The molecule has 0 aromatic heterocycles. The van der Waals surface area contributed by atoms with Gasteiger partial charge in [-0.15, -0.1) is 0 Å². The Morgan fingerprint density at radius 2 is 1.61 bits per heavy atom. The first-order valence-corrected chi connectivity index (χ1v) is 10.0. The smallest absolute Gasteiger partial charge is 0.261 e. The monoisotopic (exact) mass is 396 g/mol. The summed E-state index contributed by atoms with van der Waals surface area (Å²) in [4.78, 5) is 12.0. The van der Waals surface area contributed by atoms with Gasteiger partial charge in [0.25, 0.3) is 15.9 Å². The summed E-state index contributed by atoms with van der Waals surface area (Å²) in [6.07, 6.45) is 0. The zero-order chi connectivity index (χ0) is 20.1. The molecule has 0 unspecified atom stereocenters. The molecule has 0 atom stereocenters. The molecule has 0 aliphatic rings. The number of nitrogens with one attached hydrogen (secondary N) is 2. The first-order chi connectivity index (χ1) is 13.5. The minimum Gasteiger partial charge on any atom is -0.496 e. The molecule has 28 heavy (non-hydrogen) atoms. The second-order valence-corrected chi connectivity index (χ2v) is 7.64. The van der Waals surface area contributed by atoms with Crippen molar-refractivity contribution in [3.8, 4) is 16.9 Å². The molecule has 0 radical (unpaired) electrons. The van der Waals surface area contributed by atoms with Crippen LogP contribution in [0.15, 0.2) is 77.7 Å². The third-order valence-electron chi connectivity index (χ3n) is 4.21. The van der Waals surface area contributed by atoms with Crippen LogP contribution in [0.25, 0.3) is 11.1 Å². The van der Waals surface area contributed by atoms with Crippen molar-refractivity contribution in [2.75, 3.05) is 18.9 Å². The van der Waals surface area contributed by atoms with E-state index in [0.717, 1.165) is 11.1 Å². The Labute approximate surface area is 164 Å². The number of methoxy groups -OCH3 is 1. The fourth-order valence-corrected chi connectivity index (χ4v) is 3.92. The summed E-state index contributed by atoms with van der Waals surface area (Å²) >= 11 is 0. The molecule has 3 aromatic rings. The molecular formula is C21H20N2O4S. The number of anilines is 1. The van der Waals surface area contributed by atoms with Gasteiger partial charge in [0.05, 0.1) is 23.3 Å². The minimum absolute atomic E-state index is 0.0326. The van der Waals surface area contributed by atoms with Crippen molar-refractivity contribution < 1.29 is 17.9 Å². The second-order valence-electron chi connectivity index (χ2n) is 5.96. The maximum atomic E-state index is 13.0. The summed E-state index contributed by atoms with van der Waals surface area (Å²) < 4.78 is 33.7. The molecule has 0 saturated carbocycles. The Morgan fingerprint density at radius 3 is 2.29 bits per heavy atom. The van der Waals surface area contributed by atoms with E-state index in [1.54, 1.807) is 12.1 Å². The van der Waals surface area contributed by atoms with E-state index < -0.39 is 15.9 Å². The van der Waals surface area contributed by atoms with Gasteiger partial charge in [-0.3, -0.25) is 9.52 Å². The molecule has 144 valence electrons. The molecule has 0 bridgehead atoms. The van der Waals surface area contributed by atoms with Gasteiger partial charge >= 0.3 is 0 Å². The lowest BCUT2D eigenvalue weighted by molar-refractivity contribution is 0.0960. The quantitative estimate of drug-likeness (QED) is 0.668. The van der Waals surface area contributed by atoms with E-state index >= 15 is 0 Å². The molecule has 0 saturated heterocycles. The van der Waals surface area contributed by atoms with Crippen molar-refractivity contribution in [1.29, 1.82) is 0 Å². The summed E-state index contributed by atoms with van der Waals surface area (Å²) in [6, 6.07) is 20.8. The minimum atomic E-state index is -3.92. The van der Waals surface area contributed by atoms with Crippen LogP contribution in [0.3, 0.4) is 0 Å². The van der Waals surface area contributed by atoms with Gasteiger partial charge in [0, 0.05) is 12.6 Å². The molecule has 3 rings (SSSR count). The van der Waals surface area contributed by atoms with Gasteiger partial charge in [0.15, 0.2) is 0 Å². The Balaban J connectivity index is 2.01. The van der Waals surface area contributed by atoms with Gasteiger partial charge in [0.1, 0.15) is 5.75 Å². The van der Waals surface area contributed by atoms with Crippen LogP contribution in [-0.2, 0) is 10.0 Å². The fraction of sp³-hybridized carbons (Fsp3) is 0.0952. The molecule has 0 spiro atoms. The Hall–Kier alpha value is -3.32. The SMILES string of the molecule is CNC(=O)c1cc(S(=O)(=O)Nc2ccccc2-c2ccccc2)ccc1OC. The van der Waals surface area contributed by atoms with Crippen molar-refractivity contribution in [3.05, 3.63) is 78.4 Å². The number of hydrogen-bond acceptors (Lipinski definition) is 4. The van der Waals surface area contributed by atoms with Gasteiger partial charge in [-0.25, -0.2) is 8.42 Å². The molecule has 0 aliphatic heterocycles. The average Bonchev–Trinajstić information content (AvgIpc) is 2.73. The van der Waals surface area contributed by atoms with E-state index in [1.807, 2.05) is 42.5 Å². The number of carbonyl (C=O) groups is 1. The number of rotatable bonds is 6. The third kappa shape index (κ3) is 3.99. The molecule has 0 aliphatic carbocycles. The maximum absolute atomic E-state index is 13.0. The largest absolute Gasteiger partial charge is 0.496 e. The van der Waals surface area contributed by atoms with Crippen molar-refractivity contribution in [2.24, 2.45) is 0 Å². The van der Waals surface area contributed by atoms with Crippen LogP contribution in [0.1, 0.15) is 10.4 Å². The molecule has 3 aromatic carbocycles. The lowest BCUT2D eigenvalue weighted by Crippen LogP contribution is -2.20. The summed E-state index contributed by atoms with van der Waals surface area (Å²) in [6.45, 7) is 0. The average molecular weight is 396 g/mol. The summed E-state index contributed by atoms with van der Waals surface area (Å²) in [5.74, 6) is -0.137. The number of benzene rings is 3. The van der Waals surface area contributed by atoms with Crippen LogP contribution in [0.5, 0.6) is 5.75 Å². The first kappa shape index (κ1) is 19.4. The van der Waals surface area contributed by atoms with Gasteiger partial charge in [-0.05, 0) is 29.8 Å². The van der Waals surface area contributed by atoms with Crippen LogP contribution in [0, 0.1) is 0 Å². The van der Waals surface area contributed by atoms with E-state index in [0.29, 0.717) is 11.4 Å². The van der Waals surface area contributed by atoms with Gasteiger partial charge < -0.3 is 10.1 Å². The Kier molecular flexibility index (Phi) is 5.65. The predicted octanol–water partition coefficient (Wildman–Crippen LogP) is 3.52. The highest BCUT2D eigenvalue weighted by Gasteiger charge is 2.20. The number of carbonyl (C=O) groups excluding carboxylic acids is 1. The third-order valence-corrected chi connectivity index (χ3v) is 5.57. The van der Waals surface area contributed by atoms with E-state index in [2.05, 4.69) is 10.0 Å². The lowest BCUT2D eigenvalue weighted by Gasteiger charge is -2.14. The van der Waals surface area contributed by atoms with Crippen molar-refractivity contribution in [1.82, 2.24) is 5.32 Å². The van der Waals surface area contributed by atoms with E-state index in [1.165, 1.54) is 32.4 Å². The highest BCUT2D eigenvalue weighted by Crippen LogP contribution is 2.30. The maximum Gasteiger partial charge on any atom is 0.261 e. The standard InChI is InChI=1S/C21H20N2O4S/c1-22-21(24)18-14-16(12-13-20(18)27-2)28(25,26)23-19-11-7-6-10-17(19)15-8-4-3-5-9-15/h3-14,23H,1-2H3,(H,22,24).